The van der Waals surface area contributed by atoms with Crippen molar-refractivity contribution in [2.75, 3.05) is 19.8 Å². The molecule has 20 heavy (non-hydrogen) atoms. The van der Waals surface area contributed by atoms with Gasteiger partial charge in [-0.25, -0.2) is 4.98 Å². The molecule has 1 heterocycles. The Balaban J connectivity index is 2.14. The predicted molar refractivity (Wildman–Crippen MR) is 77.9 cm³/mol. The van der Waals surface area contributed by atoms with E-state index in [0.29, 0.717) is 17.2 Å². The lowest BCUT2D eigenvalue weighted by Crippen LogP contribution is -2.21. The van der Waals surface area contributed by atoms with Crippen LogP contribution in [0.5, 0.6) is 11.6 Å². The maximum atomic E-state index is 11.7. The summed E-state index contributed by atoms with van der Waals surface area (Å²) in [5.41, 5.74) is 7.94. The Morgan fingerprint density at radius 2 is 2.00 bits per heavy atom. The largest absolute Gasteiger partial charge is 0.439 e. The Hall–Kier alpha value is -2.56. The van der Waals surface area contributed by atoms with Gasteiger partial charge in [-0.15, -0.1) is 0 Å². The number of aryl methyl sites for hydroxylation is 1. The number of anilines is 1. The number of aromatic nitrogens is 1. The number of carbonyl (C=O) groups excluding carboxylic acids is 1. The highest BCUT2D eigenvalue weighted by molar-refractivity contribution is 5.93. The summed E-state index contributed by atoms with van der Waals surface area (Å²) in [6.07, 6.45) is 1.50. The molecule has 2 aromatic rings. The topological polar surface area (TPSA) is 68.5 Å². The lowest BCUT2D eigenvalue weighted by atomic mass is 10.2. The second kappa shape index (κ2) is 5.61. The molecule has 0 fully saturated rings. The van der Waals surface area contributed by atoms with E-state index >= 15 is 0 Å². The zero-order chi connectivity index (χ0) is 14.7. The number of nitrogen functional groups attached to an aromatic ring is 1. The Bertz CT molecular complexity index is 622. The highest BCUT2D eigenvalue weighted by Crippen LogP contribution is 2.23. The van der Waals surface area contributed by atoms with Crippen LogP contribution in [0.3, 0.4) is 0 Å². The number of benzene rings is 1. The summed E-state index contributed by atoms with van der Waals surface area (Å²) in [5, 5.41) is 0. The van der Waals surface area contributed by atoms with Gasteiger partial charge in [-0.3, -0.25) is 4.79 Å². The summed E-state index contributed by atoms with van der Waals surface area (Å²) >= 11 is 0. The van der Waals surface area contributed by atoms with Gasteiger partial charge in [0.25, 0.3) is 5.91 Å². The van der Waals surface area contributed by atoms with Gasteiger partial charge < -0.3 is 15.4 Å². The number of rotatable bonds is 3. The molecule has 5 nitrogen and oxygen atoms in total. The minimum atomic E-state index is -0.0904. The second-order valence-electron chi connectivity index (χ2n) is 4.71. The third kappa shape index (κ3) is 3.06. The number of nitrogens with two attached hydrogens (primary N) is 1. The molecular weight excluding hydrogens is 254 g/mol. The molecule has 5 heteroatoms. The monoisotopic (exact) mass is 271 g/mol. The fraction of sp³-hybridized carbons (Fsp3) is 0.200. The van der Waals surface area contributed by atoms with Crippen LogP contribution in [0.25, 0.3) is 0 Å². The highest BCUT2D eigenvalue weighted by atomic mass is 16.5. The number of hydrogen-bond acceptors (Lipinski definition) is 4. The van der Waals surface area contributed by atoms with Crippen molar-refractivity contribution in [3.63, 3.8) is 0 Å². The van der Waals surface area contributed by atoms with Crippen molar-refractivity contribution in [2.45, 2.75) is 6.92 Å². The molecule has 0 atom stereocenters. The molecule has 0 radical (unpaired) electrons. The van der Waals surface area contributed by atoms with Crippen molar-refractivity contribution in [2.24, 2.45) is 0 Å². The van der Waals surface area contributed by atoms with E-state index < -0.39 is 0 Å². The molecule has 0 spiro atoms. The number of amides is 1. The normalized spacial score (nSPS) is 10.2. The van der Waals surface area contributed by atoms with E-state index in [1.54, 1.807) is 38.4 Å². The van der Waals surface area contributed by atoms with Gasteiger partial charge in [0.1, 0.15) is 5.75 Å². The molecule has 1 aromatic carbocycles. The first kappa shape index (κ1) is 13.9. The van der Waals surface area contributed by atoms with Crippen molar-refractivity contribution in [1.29, 1.82) is 0 Å². The summed E-state index contributed by atoms with van der Waals surface area (Å²) in [6.45, 7) is 1.91. The van der Waals surface area contributed by atoms with E-state index in [-0.39, 0.29) is 5.91 Å². The quantitative estimate of drug-likeness (QED) is 0.871. The van der Waals surface area contributed by atoms with E-state index in [4.69, 9.17) is 10.5 Å². The number of hydrogen-bond donors (Lipinski definition) is 1. The second-order valence-corrected chi connectivity index (χ2v) is 4.71. The minimum absolute atomic E-state index is 0.0904. The smallest absolute Gasteiger partial charge is 0.254 e. The van der Waals surface area contributed by atoms with Gasteiger partial charge in [0, 0.05) is 32.0 Å². The van der Waals surface area contributed by atoms with E-state index in [1.807, 2.05) is 13.0 Å². The van der Waals surface area contributed by atoms with Crippen LogP contribution in [-0.2, 0) is 0 Å². The van der Waals surface area contributed by atoms with Crippen molar-refractivity contribution >= 4 is 11.6 Å². The van der Waals surface area contributed by atoms with Crippen LogP contribution in [0, 0.1) is 6.92 Å². The summed E-state index contributed by atoms with van der Waals surface area (Å²) in [5.74, 6) is 1.01. The van der Waals surface area contributed by atoms with Crippen LogP contribution in [0.1, 0.15) is 15.9 Å². The van der Waals surface area contributed by atoms with Crippen molar-refractivity contribution in [3.05, 3.63) is 47.7 Å². The third-order valence-electron chi connectivity index (χ3n) is 2.85. The van der Waals surface area contributed by atoms with E-state index in [1.165, 1.54) is 11.1 Å². The highest BCUT2D eigenvalue weighted by Gasteiger charge is 2.08. The van der Waals surface area contributed by atoms with Crippen molar-refractivity contribution < 1.29 is 9.53 Å². The standard InChI is InChI=1S/C15H17N3O2/c1-10-8-12(5-6-13(10)16)20-14-7-4-11(9-17-14)15(19)18(2)3/h4-9H,16H2,1-3H3. The molecule has 2 N–H and O–H groups in total. The van der Waals surface area contributed by atoms with E-state index in [9.17, 15) is 4.79 Å². The van der Waals surface area contributed by atoms with Crippen LogP contribution >= 0.6 is 0 Å². The number of pyridine rings is 1. The van der Waals surface area contributed by atoms with Gasteiger partial charge in [0.15, 0.2) is 0 Å². The summed E-state index contributed by atoms with van der Waals surface area (Å²) < 4.78 is 5.62. The number of nitrogens with zero attached hydrogens (tertiary/aromatic N) is 2. The van der Waals surface area contributed by atoms with Crippen LogP contribution < -0.4 is 10.5 Å². The molecule has 0 aliphatic carbocycles. The molecule has 0 saturated heterocycles. The minimum Gasteiger partial charge on any atom is -0.439 e. The van der Waals surface area contributed by atoms with Crippen molar-refractivity contribution in [3.8, 4) is 11.6 Å². The molecule has 0 saturated carbocycles. The summed E-state index contributed by atoms with van der Waals surface area (Å²) in [4.78, 5) is 17.4. The Labute approximate surface area is 118 Å². The summed E-state index contributed by atoms with van der Waals surface area (Å²) in [6, 6.07) is 8.77. The van der Waals surface area contributed by atoms with Crippen LogP contribution in [0.4, 0.5) is 5.69 Å². The third-order valence-corrected chi connectivity index (χ3v) is 2.85. The van der Waals surface area contributed by atoms with Crippen LogP contribution in [0.2, 0.25) is 0 Å². The molecular formula is C15H17N3O2. The molecule has 0 unspecified atom stereocenters. The SMILES string of the molecule is Cc1cc(Oc2ccc(C(=O)N(C)C)cn2)ccc1N. The molecule has 2 rings (SSSR count). The molecule has 1 aromatic heterocycles. The molecule has 104 valence electrons. The first-order chi connectivity index (χ1) is 9.47. The van der Waals surface area contributed by atoms with Crippen LogP contribution in [0.15, 0.2) is 36.5 Å². The van der Waals surface area contributed by atoms with Gasteiger partial charge in [-0.1, -0.05) is 0 Å². The number of ether oxygens (including phenoxy) is 1. The lowest BCUT2D eigenvalue weighted by Gasteiger charge is -2.10. The number of carbonyl (C=O) groups is 1. The van der Waals surface area contributed by atoms with E-state index in [2.05, 4.69) is 4.98 Å². The van der Waals surface area contributed by atoms with Crippen LogP contribution in [-0.4, -0.2) is 29.9 Å². The van der Waals surface area contributed by atoms with Gasteiger partial charge in [0.2, 0.25) is 5.88 Å². The predicted octanol–water partition coefficient (Wildman–Crippen LogP) is 2.47. The fourth-order valence-electron chi connectivity index (χ4n) is 1.66. The lowest BCUT2D eigenvalue weighted by molar-refractivity contribution is 0.0827. The van der Waals surface area contributed by atoms with E-state index in [0.717, 1.165) is 11.3 Å². The van der Waals surface area contributed by atoms with Gasteiger partial charge in [-0.05, 0) is 36.8 Å². The molecule has 0 aliphatic rings. The zero-order valence-electron chi connectivity index (χ0n) is 11.8. The fourth-order valence-corrected chi connectivity index (χ4v) is 1.66. The average molecular weight is 271 g/mol. The van der Waals surface area contributed by atoms with Gasteiger partial charge in [0.05, 0.1) is 5.56 Å². The average Bonchev–Trinajstić information content (AvgIpc) is 2.43. The summed E-state index contributed by atoms with van der Waals surface area (Å²) in [7, 11) is 3.40. The Morgan fingerprint density at radius 3 is 2.55 bits per heavy atom. The zero-order valence-corrected chi connectivity index (χ0v) is 11.8. The first-order valence-electron chi connectivity index (χ1n) is 6.19. The molecule has 1 amide bonds. The van der Waals surface area contributed by atoms with Gasteiger partial charge >= 0.3 is 0 Å². The van der Waals surface area contributed by atoms with Crippen molar-refractivity contribution in [1.82, 2.24) is 9.88 Å². The maximum Gasteiger partial charge on any atom is 0.254 e. The Morgan fingerprint density at radius 1 is 1.25 bits per heavy atom. The molecule has 0 aliphatic heterocycles. The Kier molecular flexibility index (Phi) is 3.89. The first-order valence-corrected chi connectivity index (χ1v) is 6.19. The molecule has 0 bridgehead atoms. The van der Waals surface area contributed by atoms with Gasteiger partial charge in [-0.2, -0.15) is 0 Å². The maximum absolute atomic E-state index is 11.7.